The maximum Gasteiger partial charge on any atom is 0.213 e. The first-order valence-corrected chi connectivity index (χ1v) is 6.61. The Morgan fingerprint density at radius 2 is 1.90 bits per heavy atom. The van der Waals surface area contributed by atoms with Crippen LogP contribution in [0, 0.1) is 6.92 Å². The summed E-state index contributed by atoms with van der Waals surface area (Å²) in [5.41, 5.74) is -0.108. The van der Waals surface area contributed by atoms with E-state index in [0.717, 1.165) is 23.2 Å². The van der Waals surface area contributed by atoms with Crippen LogP contribution in [0.5, 0.6) is 0 Å². The Morgan fingerprint density at radius 3 is 2.45 bits per heavy atom. The van der Waals surface area contributed by atoms with Gasteiger partial charge in [-0.3, -0.25) is 0 Å². The largest absolute Gasteiger partial charge is 0.444 e. The molecule has 20 heavy (non-hydrogen) atoms. The van der Waals surface area contributed by atoms with Crippen LogP contribution < -0.4 is 10.6 Å². The van der Waals surface area contributed by atoms with Gasteiger partial charge in [-0.25, -0.2) is 15.0 Å². The summed E-state index contributed by atoms with van der Waals surface area (Å²) in [6.45, 7) is 8.63. The Kier molecular flexibility index (Phi) is 3.92. The summed E-state index contributed by atoms with van der Waals surface area (Å²) in [5, 5.41) is 6.27. The van der Waals surface area contributed by atoms with Gasteiger partial charge in [0.2, 0.25) is 5.89 Å². The van der Waals surface area contributed by atoms with Gasteiger partial charge in [0, 0.05) is 18.5 Å². The Balaban J connectivity index is 2.18. The molecule has 0 aliphatic rings. The highest BCUT2D eigenvalue weighted by Crippen LogP contribution is 2.22. The van der Waals surface area contributed by atoms with Gasteiger partial charge >= 0.3 is 0 Å². The highest BCUT2D eigenvalue weighted by molar-refractivity contribution is 5.47. The molecule has 6 nitrogen and oxygen atoms in total. The molecule has 6 heteroatoms. The second-order valence-corrected chi connectivity index (χ2v) is 5.68. The molecule has 0 saturated carbocycles. The van der Waals surface area contributed by atoms with Crippen molar-refractivity contribution >= 4 is 11.6 Å². The van der Waals surface area contributed by atoms with E-state index in [0.29, 0.717) is 12.4 Å². The predicted molar refractivity (Wildman–Crippen MR) is 78.8 cm³/mol. The van der Waals surface area contributed by atoms with Gasteiger partial charge in [0.15, 0.2) is 0 Å². The van der Waals surface area contributed by atoms with Crippen molar-refractivity contribution in [2.75, 3.05) is 17.7 Å². The van der Waals surface area contributed by atoms with Gasteiger partial charge in [0.1, 0.15) is 23.2 Å². The number of aryl methyl sites for hydroxylation is 1. The van der Waals surface area contributed by atoms with Gasteiger partial charge in [-0.1, -0.05) is 20.8 Å². The fourth-order valence-corrected chi connectivity index (χ4v) is 1.65. The quantitative estimate of drug-likeness (QED) is 0.893. The van der Waals surface area contributed by atoms with E-state index in [9.17, 15) is 0 Å². The molecule has 0 spiro atoms. The van der Waals surface area contributed by atoms with Gasteiger partial charge < -0.3 is 15.1 Å². The van der Waals surface area contributed by atoms with E-state index in [1.807, 2.05) is 20.0 Å². The zero-order valence-corrected chi connectivity index (χ0v) is 12.6. The molecule has 2 aromatic heterocycles. The lowest BCUT2D eigenvalue weighted by Gasteiger charge is -2.18. The predicted octanol–water partition coefficient (Wildman–Crippen LogP) is 2.72. The minimum Gasteiger partial charge on any atom is -0.444 e. The molecule has 2 rings (SSSR count). The van der Waals surface area contributed by atoms with Crippen molar-refractivity contribution in [2.24, 2.45) is 0 Å². The smallest absolute Gasteiger partial charge is 0.213 e. The number of aromatic nitrogens is 3. The van der Waals surface area contributed by atoms with Crippen LogP contribution in [0.3, 0.4) is 0 Å². The summed E-state index contributed by atoms with van der Waals surface area (Å²) in [7, 11) is 1.84. The lowest BCUT2D eigenvalue weighted by atomic mass is 9.96. The van der Waals surface area contributed by atoms with Gasteiger partial charge in [-0.05, 0) is 6.92 Å². The van der Waals surface area contributed by atoms with Gasteiger partial charge in [0.05, 0.1) is 12.7 Å². The Bertz CT molecular complexity index is 585. The molecule has 0 bridgehead atoms. The molecular formula is C14H21N5O. The number of anilines is 2. The van der Waals surface area contributed by atoms with Crippen molar-refractivity contribution in [3.05, 3.63) is 29.7 Å². The second kappa shape index (κ2) is 5.48. The second-order valence-electron chi connectivity index (χ2n) is 5.68. The van der Waals surface area contributed by atoms with Crippen molar-refractivity contribution in [2.45, 2.75) is 39.7 Å². The van der Waals surface area contributed by atoms with Crippen molar-refractivity contribution in [3.8, 4) is 0 Å². The van der Waals surface area contributed by atoms with Crippen LogP contribution in [0.15, 0.2) is 16.7 Å². The van der Waals surface area contributed by atoms with E-state index in [2.05, 4.69) is 46.4 Å². The van der Waals surface area contributed by atoms with Gasteiger partial charge in [-0.15, -0.1) is 0 Å². The molecule has 0 aliphatic heterocycles. The zero-order chi connectivity index (χ0) is 14.8. The van der Waals surface area contributed by atoms with Crippen LogP contribution in [0.2, 0.25) is 0 Å². The van der Waals surface area contributed by atoms with E-state index < -0.39 is 0 Å². The molecule has 2 aromatic rings. The summed E-state index contributed by atoms with van der Waals surface area (Å²) >= 11 is 0. The van der Waals surface area contributed by atoms with Crippen LogP contribution in [-0.4, -0.2) is 22.0 Å². The maximum atomic E-state index is 5.43. The van der Waals surface area contributed by atoms with Crippen LogP contribution in [0.4, 0.5) is 11.6 Å². The molecule has 0 saturated heterocycles. The number of rotatable bonds is 4. The fourth-order valence-electron chi connectivity index (χ4n) is 1.65. The summed E-state index contributed by atoms with van der Waals surface area (Å²) in [4.78, 5) is 13.2. The summed E-state index contributed by atoms with van der Waals surface area (Å²) in [6, 6.07) is 1.87. The Labute approximate surface area is 119 Å². The molecule has 0 atom stereocenters. The molecule has 0 fully saturated rings. The fraction of sp³-hybridized carbons (Fsp3) is 0.500. The van der Waals surface area contributed by atoms with Crippen molar-refractivity contribution in [3.63, 3.8) is 0 Å². The monoisotopic (exact) mass is 275 g/mol. The third-order valence-electron chi connectivity index (χ3n) is 2.74. The third kappa shape index (κ3) is 3.46. The molecule has 2 N–H and O–H groups in total. The molecule has 0 aromatic carbocycles. The average molecular weight is 275 g/mol. The highest BCUT2D eigenvalue weighted by atomic mass is 16.4. The summed E-state index contributed by atoms with van der Waals surface area (Å²) in [6.07, 6.45) is 1.70. The van der Waals surface area contributed by atoms with E-state index >= 15 is 0 Å². The molecular weight excluding hydrogens is 254 g/mol. The molecule has 0 aliphatic carbocycles. The van der Waals surface area contributed by atoms with Crippen LogP contribution in [0.1, 0.15) is 38.2 Å². The molecule has 0 amide bonds. The van der Waals surface area contributed by atoms with Crippen LogP contribution in [0.25, 0.3) is 0 Å². The number of hydrogen-bond acceptors (Lipinski definition) is 6. The van der Waals surface area contributed by atoms with Gasteiger partial charge in [0.25, 0.3) is 0 Å². The topological polar surface area (TPSA) is 75.9 Å². The van der Waals surface area contributed by atoms with E-state index in [1.165, 1.54) is 0 Å². The number of nitrogens with one attached hydrogen (secondary N) is 2. The van der Waals surface area contributed by atoms with E-state index in [1.54, 1.807) is 6.20 Å². The van der Waals surface area contributed by atoms with E-state index in [-0.39, 0.29) is 5.41 Å². The first-order valence-electron chi connectivity index (χ1n) is 6.61. The number of hydrogen-bond donors (Lipinski definition) is 2. The molecule has 0 unspecified atom stereocenters. The normalized spacial score (nSPS) is 11.4. The van der Waals surface area contributed by atoms with Crippen LogP contribution >= 0.6 is 0 Å². The lowest BCUT2D eigenvalue weighted by molar-refractivity contribution is 0.478. The summed E-state index contributed by atoms with van der Waals surface area (Å²) in [5.74, 6) is 3.77. The number of nitrogens with zero attached hydrogens (tertiary/aromatic N) is 3. The minimum atomic E-state index is -0.108. The molecule has 0 radical (unpaired) electrons. The van der Waals surface area contributed by atoms with Crippen molar-refractivity contribution in [1.82, 2.24) is 15.0 Å². The van der Waals surface area contributed by atoms with E-state index in [4.69, 9.17) is 4.42 Å². The van der Waals surface area contributed by atoms with Crippen LogP contribution in [-0.2, 0) is 12.0 Å². The maximum absolute atomic E-state index is 5.43. The summed E-state index contributed by atoms with van der Waals surface area (Å²) < 4.78 is 5.43. The zero-order valence-electron chi connectivity index (χ0n) is 12.6. The first kappa shape index (κ1) is 14.3. The highest BCUT2D eigenvalue weighted by Gasteiger charge is 2.19. The first-order chi connectivity index (χ1) is 9.38. The minimum absolute atomic E-state index is 0.108. The third-order valence-corrected chi connectivity index (χ3v) is 2.74. The number of oxazole rings is 1. The Morgan fingerprint density at radius 1 is 1.20 bits per heavy atom. The molecule has 108 valence electrons. The average Bonchev–Trinajstić information content (AvgIpc) is 2.81. The molecule has 2 heterocycles. The van der Waals surface area contributed by atoms with Gasteiger partial charge in [-0.2, -0.15) is 0 Å². The Hall–Kier alpha value is -2.11. The standard InChI is InChI=1S/C14H21N5O/c1-9-7-17-12(20-9)8-16-11-6-10(15-5)18-13(19-11)14(2,3)4/h6-7H,8H2,1-5H3,(H2,15,16,18,19). The van der Waals surface area contributed by atoms with Crippen molar-refractivity contribution in [1.29, 1.82) is 0 Å². The SMILES string of the molecule is CNc1cc(NCc2ncc(C)o2)nc(C(C)(C)C)n1. The van der Waals surface area contributed by atoms with Crippen molar-refractivity contribution < 1.29 is 4.42 Å². The lowest BCUT2D eigenvalue weighted by Crippen LogP contribution is -2.18.